The molecule has 92 valence electrons. The van der Waals surface area contributed by atoms with E-state index in [1.807, 2.05) is 0 Å². The number of nitrogens with zero attached hydrogens (tertiary/aromatic N) is 1. The van der Waals surface area contributed by atoms with E-state index in [0.29, 0.717) is 11.8 Å². The molecule has 18 heavy (non-hydrogen) atoms. The lowest BCUT2D eigenvalue weighted by molar-refractivity contribution is -0.140. The fraction of sp³-hybridized carbons (Fsp3) is 0.0769. The van der Waals surface area contributed by atoms with Crippen LogP contribution in [-0.4, -0.2) is 11.3 Å². The first-order valence-corrected chi connectivity index (χ1v) is 5.11. The molecule has 2 aromatic rings. The largest absolute Gasteiger partial charge is 0.433 e. The zero-order chi connectivity index (χ0) is 13.2. The van der Waals surface area contributed by atoms with E-state index < -0.39 is 11.9 Å². The van der Waals surface area contributed by atoms with Gasteiger partial charge in [-0.1, -0.05) is 30.3 Å². The molecule has 1 heterocycles. The van der Waals surface area contributed by atoms with E-state index in [9.17, 15) is 18.0 Å². The molecule has 2 nitrogen and oxygen atoms in total. The molecule has 1 aromatic heterocycles. The maximum atomic E-state index is 12.9. The number of hydrogen-bond donors (Lipinski definition) is 0. The van der Waals surface area contributed by atoms with Gasteiger partial charge in [-0.25, -0.2) is 0 Å². The Bertz CT molecular complexity index is 564. The summed E-state index contributed by atoms with van der Waals surface area (Å²) in [6, 6.07) is 9.20. The van der Waals surface area contributed by atoms with Crippen LogP contribution in [0.25, 0.3) is 11.1 Å². The van der Waals surface area contributed by atoms with E-state index in [1.54, 1.807) is 18.2 Å². The number of alkyl halides is 3. The van der Waals surface area contributed by atoms with Crippen LogP contribution < -0.4 is 0 Å². The van der Waals surface area contributed by atoms with Crippen molar-refractivity contribution in [2.45, 2.75) is 6.18 Å². The number of aldehydes is 1. The summed E-state index contributed by atoms with van der Waals surface area (Å²) < 4.78 is 38.6. The number of benzene rings is 1. The Morgan fingerprint density at radius 1 is 1.06 bits per heavy atom. The Labute approximate surface area is 101 Å². The molecule has 0 spiro atoms. The molecule has 1 aromatic carbocycles. The Kier molecular flexibility index (Phi) is 3.14. The Balaban J connectivity index is 2.74. The number of carbonyl (C=O) groups is 1. The van der Waals surface area contributed by atoms with E-state index >= 15 is 0 Å². The van der Waals surface area contributed by atoms with E-state index in [-0.39, 0.29) is 11.1 Å². The average molecular weight is 251 g/mol. The second-order valence-electron chi connectivity index (χ2n) is 3.61. The van der Waals surface area contributed by atoms with Gasteiger partial charge < -0.3 is 0 Å². The summed E-state index contributed by atoms with van der Waals surface area (Å²) >= 11 is 0. The topological polar surface area (TPSA) is 30.0 Å². The summed E-state index contributed by atoms with van der Waals surface area (Å²) in [5, 5.41) is 0. The first-order chi connectivity index (χ1) is 8.54. The monoisotopic (exact) mass is 251 g/mol. The molecule has 0 amide bonds. The minimum Gasteiger partial charge on any atom is -0.298 e. The molecule has 0 radical (unpaired) electrons. The molecule has 0 aliphatic rings. The zero-order valence-electron chi connectivity index (χ0n) is 9.11. The van der Waals surface area contributed by atoms with Gasteiger partial charge in [0.05, 0.1) is 0 Å². The third kappa shape index (κ3) is 2.25. The molecule has 0 N–H and O–H groups in total. The van der Waals surface area contributed by atoms with Gasteiger partial charge in [0, 0.05) is 17.3 Å². The van der Waals surface area contributed by atoms with Gasteiger partial charge in [-0.15, -0.1) is 0 Å². The zero-order valence-corrected chi connectivity index (χ0v) is 9.11. The van der Waals surface area contributed by atoms with Crippen molar-refractivity contribution in [3.63, 3.8) is 0 Å². The summed E-state index contributed by atoms with van der Waals surface area (Å²) in [7, 11) is 0. The summed E-state index contributed by atoms with van der Waals surface area (Å²) in [6.07, 6.45) is -3.21. The minimum atomic E-state index is -4.59. The van der Waals surface area contributed by atoms with Crippen molar-refractivity contribution in [1.29, 1.82) is 0 Å². The lowest BCUT2D eigenvalue weighted by Crippen LogP contribution is -2.11. The highest BCUT2D eigenvalue weighted by Gasteiger charge is 2.36. The third-order valence-electron chi connectivity index (χ3n) is 2.44. The smallest absolute Gasteiger partial charge is 0.298 e. The second-order valence-corrected chi connectivity index (χ2v) is 3.61. The molecule has 0 fully saturated rings. The van der Waals surface area contributed by atoms with Crippen molar-refractivity contribution >= 4 is 6.29 Å². The Morgan fingerprint density at radius 2 is 1.72 bits per heavy atom. The van der Waals surface area contributed by atoms with Gasteiger partial charge >= 0.3 is 6.18 Å². The van der Waals surface area contributed by atoms with Crippen LogP contribution in [0.4, 0.5) is 13.2 Å². The SMILES string of the molecule is O=Cc1ccnc(C(F)(F)F)c1-c1ccccc1. The van der Waals surface area contributed by atoms with Crippen LogP contribution >= 0.6 is 0 Å². The molecule has 0 aliphatic heterocycles. The van der Waals surface area contributed by atoms with Crippen LogP contribution in [0, 0.1) is 0 Å². The van der Waals surface area contributed by atoms with Gasteiger partial charge in [-0.3, -0.25) is 9.78 Å². The average Bonchev–Trinajstić information content (AvgIpc) is 2.38. The first kappa shape index (κ1) is 12.3. The number of halogens is 3. The highest BCUT2D eigenvalue weighted by Crippen LogP contribution is 2.36. The van der Waals surface area contributed by atoms with Crippen molar-refractivity contribution in [3.05, 3.63) is 53.9 Å². The normalized spacial score (nSPS) is 11.3. The van der Waals surface area contributed by atoms with E-state index in [1.165, 1.54) is 18.2 Å². The summed E-state index contributed by atoms with van der Waals surface area (Å²) in [6.45, 7) is 0. The van der Waals surface area contributed by atoms with Crippen LogP contribution in [0.15, 0.2) is 42.6 Å². The number of aromatic nitrogens is 1. The standard InChI is InChI=1S/C13H8F3NO/c14-13(15,16)12-11(9-4-2-1-3-5-9)10(8-18)6-7-17-12/h1-8H. The maximum Gasteiger partial charge on any atom is 0.433 e. The van der Waals surface area contributed by atoms with Crippen molar-refractivity contribution in [1.82, 2.24) is 4.98 Å². The number of carbonyl (C=O) groups excluding carboxylic acids is 1. The van der Waals surface area contributed by atoms with E-state index in [0.717, 1.165) is 6.20 Å². The highest BCUT2D eigenvalue weighted by molar-refractivity contribution is 5.88. The van der Waals surface area contributed by atoms with Crippen LogP contribution in [0.5, 0.6) is 0 Å². The van der Waals surface area contributed by atoms with Crippen LogP contribution in [0.2, 0.25) is 0 Å². The maximum absolute atomic E-state index is 12.9. The van der Waals surface area contributed by atoms with Crippen molar-refractivity contribution in [2.24, 2.45) is 0 Å². The summed E-state index contributed by atoms with van der Waals surface area (Å²) in [4.78, 5) is 14.2. The number of hydrogen-bond acceptors (Lipinski definition) is 2. The molecule has 0 saturated heterocycles. The van der Waals surface area contributed by atoms with Gasteiger partial charge in [-0.05, 0) is 11.6 Å². The first-order valence-electron chi connectivity index (χ1n) is 5.11. The minimum absolute atomic E-state index is 0.0245. The third-order valence-corrected chi connectivity index (χ3v) is 2.44. The van der Waals surface area contributed by atoms with Gasteiger partial charge in [0.15, 0.2) is 12.0 Å². The lowest BCUT2D eigenvalue weighted by atomic mass is 9.99. The molecular formula is C13H8F3NO. The number of pyridine rings is 1. The number of rotatable bonds is 2. The quantitative estimate of drug-likeness (QED) is 0.763. The van der Waals surface area contributed by atoms with Crippen LogP contribution in [-0.2, 0) is 6.18 Å². The molecule has 0 saturated carbocycles. The van der Waals surface area contributed by atoms with Crippen molar-refractivity contribution in [3.8, 4) is 11.1 Å². The van der Waals surface area contributed by atoms with Crippen LogP contribution in [0.1, 0.15) is 16.1 Å². The lowest BCUT2D eigenvalue weighted by Gasteiger charge is -2.13. The van der Waals surface area contributed by atoms with Gasteiger partial charge in [0.1, 0.15) is 0 Å². The van der Waals surface area contributed by atoms with E-state index in [4.69, 9.17) is 0 Å². The molecule has 5 heteroatoms. The predicted octanol–water partition coefficient (Wildman–Crippen LogP) is 3.58. The Hall–Kier alpha value is -2.17. The molecule has 2 rings (SSSR count). The molecule has 0 unspecified atom stereocenters. The molecule has 0 atom stereocenters. The van der Waals surface area contributed by atoms with Gasteiger partial charge in [0.25, 0.3) is 0 Å². The predicted molar refractivity (Wildman–Crippen MR) is 60.1 cm³/mol. The van der Waals surface area contributed by atoms with Crippen LogP contribution in [0.3, 0.4) is 0 Å². The fourth-order valence-electron chi connectivity index (χ4n) is 1.70. The highest BCUT2D eigenvalue weighted by atomic mass is 19.4. The summed E-state index contributed by atoms with van der Waals surface area (Å²) in [5.74, 6) is 0. The fourth-order valence-corrected chi connectivity index (χ4v) is 1.70. The van der Waals surface area contributed by atoms with Crippen molar-refractivity contribution < 1.29 is 18.0 Å². The summed E-state index contributed by atoms with van der Waals surface area (Å²) in [5.41, 5.74) is -0.928. The molecule has 0 bridgehead atoms. The molecular weight excluding hydrogens is 243 g/mol. The van der Waals surface area contributed by atoms with Gasteiger partial charge in [-0.2, -0.15) is 13.2 Å². The van der Waals surface area contributed by atoms with E-state index in [2.05, 4.69) is 4.98 Å². The molecule has 0 aliphatic carbocycles. The van der Waals surface area contributed by atoms with Crippen molar-refractivity contribution in [2.75, 3.05) is 0 Å². The Morgan fingerprint density at radius 3 is 2.28 bits per heavy atom. The second kappa shape index (κ2) is 4.60. The van der Waals surface area contributed by atoms with Gasteiger partial charge in [0.2, 0.25) is 0 Å².